The minimum Gasteiger partial charge on any atom is -0.488 e. The summed E-state index contributed by atoms with van der Waals surface area (Å²) in [6.45, 7) is 2.23. The molecule has 1 amide bonds. The van der Waals surface area contributed by atoms with Crippen LogP contribution < -0.4 is 10.1 Å². The fraction of sp³-hybridized carbons (Fsp3) is 0.0714. The minimum atomic E-state index is -0.304. The van der Waals surface area contributed by atoms with Crippen molar-refractivity contribution in [1.29, 1.82) is 0 Å². The van der Waals surface area contributed by atoms with Gasteiger partial charge in [-0.1, -0.05) is 60.2 Å². The number of amides is 1. The van der Waals surface area contributed by atoms with E-state index in [2.05, 4.69) is 10.3 Å². The summed E-state index contributed by atoms with van der Waals surface area (Å²) in [7, 11) is 0. The molecule has 34 heavy (non-hydrogen) atoms. The molecule has 0 aliphatic carbocycles. The zero-order chi connectivity index (χ0) is 23.5. The van der Waals surface area contributed by atoms with Crippen molar-refractivity contribution in [1.82, 2.24) is 5.32 Å². The van der Waals surface area contributed by atoms with Crippen LogP contribution in [0.3, 0.4) is 0 Å². The van der Waals surface area contributed by atoms with E-state index in [-0.39, 0.29) is 18.3 Å². The molecular formula is C28H21FN2O2S. The largest absolute Gasteiger partial charge is 0.488 e. The Bertz CT molecular complexity index is 1440. The lowest BCUT2D eigenvalue weighted by Crippen LogP contribution is -2.19. The summed E-state index contributed by atoms with van der Waals surface area (Å²) in [5.41, 5.74) is 3.45. The quantitative estimate of drug-likeness (QED) is 0.329. The number of nitrogens with one attached hydrogen (secondary N) is 1. The number of carbonyl (C=O) groups is 1. The highest BCUT2D eigenvalue weighted by Gasteiger charge is 2.25. The highest BCUT2D eigenvalue weighted by molar-refractivity contribution is 8.18. The Balaban J connectivity index is 1.48. The normalized spacial score (nSPS) is 15.8. The van der Waals surface area contributed by atoms with Crippen LogP contribution >= 0.6 is 11.8 Å². The summed E-state index contributed by atoms with van der Waals surface area (Å²) in [4.78, 5) is 17.8. The summed E-state index contributed by atoms with van der Waals surface area (Å²) in [6, 6.07) is 25.9. The van der Waals surface area contributed by atoms with Gasteiger partial charge in [0.25, 0.3) is 5.91 Å². The fourth-order valence-corrected chi connectivity index (χ4v) is 4.51. The maximum Gasteiger partial charge on any atom is 0.264 e. The predicted octanol–water partition coefficient (Wildman–Crippen LogP) is 6.76. The predicted molar refractivity (Wildman–Crippen MR) is 137 cm³/mol. The van der Waals surface area contributed by atoms with Crippen molar-refractivity contribution in [3.8, 4) is 5.75 Å². The number of rotatable bonds is 5. The monoisotopic (exact) mass is 468 g/mol. The summed E-state index contributed by atoms with van der Waals surface area (Å²) in [5, 5.41) is 5.37. The maximum atomic E-state index is 13.6. The van der Waals surface area contributed by atoms with Gasteiger partial charge in [-0.15, -0.1) is 0 Å². The molecule has 1 saturated heterocycles. The Labute approximate surface area is 201 Å². The molecule has 168 valence electrons. The lowest BCUT2D eigenvalue weighted by Gasteiger charge is -2.13. The smallest absolute Gasteiger partial charge is 0.264 e. The number of ether oxygens (including phenoxy) is 1. The van der Waals surface area contributed by atoms with Gasteiger partial charge in [-0.2, -0.15) is 0 Å². The van der Waals surface area contributed by atoms with E-state index in [0.29, 0.717) is 15.8 Å². The molecule has 1 heterocycles. The average molecular weight is 469 g/mol. The third-order valence-electron chi connectivity index (χ3n) is 5.40. The number of aryl methyl sites for hydroxylation is 1. The Hall–Kier alpha value is -3.90. The Morgan fingerprint density at radius 3 is 2.65 bits per heavy atom. The second-order valence-electron chi connectivity index (χ2n) is 7.93. The van der Waals surface area contributed by atoms with Crippen LogP contribution in [0.15, 0.2) is 94.8 Å². The van der Waals surface area contributed by atoms with E-state index in [1.165, 1.54) is 23.9 Å². The molecule has 6 heteroatoms. The van der Waals surface area contributed by atoms with Crippen molar-refractivity contribution in [2.75, 3.05) is 0 Å². The minimum absolute atomic E-state index is 0.208. The molecular weight excluding hydrogens is 447 g/mol. The number of aliphatic imine (C=N–C) groups is 1. The number of hydrogen-bond donors (Lipinski definition) is 1. The van der Waals surface area contributed by atoms with Gasteiger partial charge in [0.15, 0.2) is 5.17 Å². The fourth-order valence-electron chi connectivity index (χ4n) is 3.69. The molecule has 1 aliphatic heterocycles. The molecule has 1 aliphatic rings. The van der Waals surface area contributed by atoms with E-state index in [0.717, 1.165) is 33.2 Å². The zero-order valence-electron chi connectivity index (χ0n) is 18.4. The molecule has 5 rings (SSSR count). The zero-order valence-corrected chi connectivity index (χ0v) is 19.2. The van der Waals surface area contributed by atoms with Gasteiger partial charge in [0.1, 0.15) is 18.2 Å². The number of fused-ring (bicyclic) bond motifs is 1. The molecule has 4 aromatic carbocycles. The van der Waals surface area contributed by atoms with E-state index in [9.17, 15) is 9.18 Å². The number of carbonyl (C=O) groups excluding carboxylic acids is 1. The van der Waals surface area contributed by atoms with E-state index >= 15 is 0 Å². The van der Waals surface area contributed by atoms with Crippen LogP contribution in [0, 0.1) is 12.7 Å². The first-order valence-corrected chi connectivity index (χ1v) is 11.6. The number of nitrogens with zero attached hydrogens (tertiary/aromatic N) is 1. The summed E-state index contributed by atoms with van der Waals surface area (Å²) < 4.78 is 19.7. The third-order valence-corrected chi connectivity index (χ3v) is 6.31. The molecule has 0 spiro atoms. The van der Waals surface area contributed by atoms with E-state index in [1.807, 2.05) is 79.7 Å². The van der Waals surface area contributed by atoms with Crippen LogP contribution in [0.25, 0.3) is 16.8 Å². The van der Waals surface area contributed by atoms with Gasteiger partial charge in [0.05, 0.1) is 10.6 Å². The average Bonchev–Trinajstić information content (AvgIpc) is 3.18. The van der Waals surface area contributed by atoms with Gasteiger partial charge in [0.2, 0.25) is 0 Å². The standard InChI is InChI=1S/C28H21FN2O2S/c1-18-9-12-22(13-10-18)30-28-31-27(32)26(34-28)16-24-23-8-3-2-6-20(23)11-14-25(24)33-17-19-5-4-7-21(29)15-19/h2-16H,17H2,1H3,(H,30,31,32). The lowest BCUT2D eigenvalue weighted by molar-refractivity contribution is -0.115. The Morgan fingerprint density at radius 2 is 1.82 bits per heavy atom. The second kappa shape index (κ2) is 9.53. The number of benzene rings is 4. The van der Waals surface area contributed by atoms with Gasteiger partial charge in [-0.25, -0.2) is 9.38 Å². The van der Waals surface area contributed by atoms with Crippen molar-refractivity contribution in [2.45, 2.75) is 13.5 Å². The number of amidine groups is 1. The van der Waals surface area contributed by atoms with Crippen LogP contribution in [0.5, 0.6) is 5.75 Å². The number of hydrogen-bond acceptors (Lipinski definition) is 4. The van der Waals surface area contributed by atoms with Crippen LogP contribution in [0.2, 0.25) is 0 Å². The maximum absolute atomic E-state index is 13.6. The molecule has 0 bridgehead atoms. The summed E-state index contributed by atoms with van der Waals surface area (Å²) in [6.07, 6.45) is 1.83. The molecule has 1 N–H and O–H groups in total. The van der Waals surface area contributed by atoms with Crippen molar-refractivity contribution in [3.63, 3.8) is 0 Å². The Morgan fingerprint density at radius 1 is 1.00 bits per heavy atom. The SMILES string of the molecule is Cc1ccc(N=C2NC(=O)C(=Cc3c(OCc4cccc(F)c4)ccc4ccccc34)S2)cc1. The van der Waals surface area contributed by atoms with E-state index < -0.39 is 0 Å². The van der Waals surface area contributed by atoms with Crippen LogP contribution in [-0.2, 0) is 11.4 Å². The van der Waals surface area contributed by atoms with Gasteiger partial charge >= 0.3 is 0 Å². The molecule has 1 fully saturated rings. The highest BCUT2D eigenvalue weighted by atomic mass is 32.2. The van der Waals surface area contributed by atoms with Crippen molar-refractivity contribution in [2.24, 2.45) is 4.99 Å². The summed E-state index contributed by atoms with van der Waals surface area (Å²) in [5.74, 6) is 0.106. The van der Waals surface area contributed by atoms with Crippen molar-refractivity contribution in [3.05, 3.63) is 112 Å². The van der Waals surface area contributed by atoms with Gasteiger partial charge in [-0.3, -0.25) is 4.79 Å². The van der Waals surface area contributed by atoms with Crippen LogP contribution in [0.4, 0.5) is 10.1 Å². The number of halogens is 1. The first kappa shape index (κ1) is 21.9. The van der Waals surface area contributed by atoms with Gasteiger partial charge < -0.3 is 10.1 Å². The second-order valence-corrected chi connectivity index (χ2v) is 8.97. The van der Waals surface area contributed by atoms with Crippen molar-refractivity contribution >= 4 is 45.4 Å². The Kier molecular flexibility index (Phi) is 6.14. The molecule has 0 saturated carbocycles. The molecule has 4 nitrogen and oxygen atoms in total. The number of thioether (sulfide) groups is 1. The van der Waals surface area contributed by atoms with Crippen LogP contribution in [0.1, 0.15) is 16.7 Å². The molecule has 0 unspecified atom stereocenters. The molecule has 0 aromatic heterocycles. The van der Waals surface area contributed by atoms with Gasteiger partial charge in [-0.05, 0) is 71.4 Å². The van der Waals surface area contributed by atoms with E-state index in [1.54, 1.807) is 6.07 Å². The first-order valence-electron chi connectivity index (χ1n) is 10.8. The first-order chi connectivity index (χ1) is 16.5. The lowest BCUT2D eigenvalue weighted by atomic mass is 10.0. The molecule has 4 aromatic rings. The van der Waals surface area contributed by atoms with Crippen molar-refractivity contribution < 1.29 is 13.9 Å². The summed E-state index contributed by atoms with van der Waals surface area (Å²) >= 11 is 1.29. The van der Waals surface area contributed by atoms with Gasteiger partial charge in [0, 0.05) is 5.56 Å². The highest BCUT2D eigenvalue weighted by Crippen LogP contribution is 2.35. The van der Waals surface area contributed by atoms with E-state index in [4.69, 9.17) is 4.74 Å². The third kappa shape index (κ3) is 4.87. The molecule has 0 radical (unpaired) electrons. The molecule has 0 atom stereocenters. The van der Waals surface area contributed by atoms with Crippen LogP contribution in [-0.4, -0.2) is 11.1 Å². The topological polar surface area (TPSA) is 50.7 Å².